The number of para-hydroxylation sites is 3. The maximum atomic E-state index is 13.5. The normalized spacial score (nSPS) is 12.3. The molecule has 14 heteroatoms. The summed E-state index contributed by atoms with van der Waals surface area (Å²) in [5.74, 6) is -3.28. The number of hydrogen-bond donors (Lipinski definition) is 1. The number of hydrogen-bond acceptors (Lipinski definition) is 9. The monoisotopic (exact) mass is 522 g/mol. The van der Waals surface area contributed by atoms with Crippen molar-refractivity contribution in [2.75, 3.05) is 12.4 Å². The summed E-state index contributed by atoms with van der Waals surface area (Å²) in [5, 5.41) is 23.9. The first-order chi connectivity index (χ1) is 18.1. The molecule has 0 aliphatic carbocycles. The van der Waals surface area contributed by atoms with E-state index in [1.165, 1.54) is 25.3 Å². The highest BCUT2D eigenvalue weighted by Gasteiger charge is 2.36. The van der Waals surface area contributed by atoms with Gasteiger partial charge < -0.3 is 10.1 Å². The number of nitriles is 1. The van der Waals surface area contributed by atoms with Gasteiger partial charge in [0, 0.05) is 5.39 Å². The van der Waals surface area contributed by atoms with Crippen LogP contribution in [0.25, 0.3) is 16.7 Å². The standard InChI is InChI=1S/C24H17F3N8O3/c1-13(36)19(22(37)30-17-9-5-6-10-18(17)38-2)33-34-20-14(11-28)12-29-35(20)21-15-7-3-4-8-16(15)31-23(32-21)24(25,26)27/h3-10,12,19H,1-2H3,(H,30,37). The SMILES string of the molecule is COc1ccccc1NC(=O)C(N=Nc1c(C#N)cnn1-c1nc(C(F)(F)F)nc2ccccc12)C(C)=O. The van der Waals surface area contributed by atoms with Crippen molar-refractivity contribution in [3.8, 4) is 17.6 Å². The second-order valence-electron chi connectivity index (χ2n) is 7.71. The lowest BCUT2D eigenvalue weighted by molar-refractivity contribution is -0.144. The van der Waals surface area contributed by atoms with Gasteiger partial charge in [-0.1, -0.05) is 24.3 Å². The van der Waals surface area contributed by atoms with Crippen LogP contribution in [0.5, 0.6) is 5.75 Å². The molecule has 11 nitrogen and oxygen atoms in total. The number of methoxy groups -OCH3 is 1. The third-order valence-electron chi connectivity index (χ3n) is 5.17. The van der Waals surface area contributed by atoms with Gasteiger partial charge in [-0.3, -0.25) is 9.59 Å². The van der Waals surface area contributed by atoms with E-state index in [2.05, 4.69) is 30.6 Å². The van der Waals surface area contributed by atoms with Gasteiger partial charge in [0.1, 0.15) is 17.4 Å². The average Bonchev–Trinajstić information content (AvgIpc) is 3.30. The number of carbonyl (C=O) groups excluding carboxylic acids is 2. The zero-order valence-corrected chi connectivity index (χ0v) is 19.8. The van der Waals surface area contributed by atoms with Gasteiger partial charge in [-0.2, -0.15) is 33.3 Å². The first-order valence-electron chi connectivity index (χ1n) is 10.8. The first kappa shape index (κ1) is 25.9. The van der Waals surface area contributed by atoms with E-state index in [0.29, 0.717) is 5.75 Å². The summed E-state index contributed by atoms with van der Waals surface area (Å²) in [6.07, 6.45) is -3.82. The van der Waals surface area contributed by atoms with E-state index in [1.54, 1.807) is 30.3 Å². The van der Waals surface area contributed by atoms with Crippen molar-refractivity contribution in [2.45, 2.75) is 19.1 Å². The molecule has 0 saturated heterocycles. The van der Waals surface area contributed by atoms with Gasteiger partial charge in [0.15, 0.2) is 17.4 Å². The van der Waals surface area contributed by atoms with Crippen LogP contribution in [0.1, 0.15) is 18.3 Å². The molecule has 2 aromatic heterocycles. The Morgan fingerprint density at radius 2 is 1.84 bits per heavy atom. The summed E-state index contributed by atoms with van der Waals surface area (Å²) < 4.78 is 46.6. The molecule has 1 amide bonds. The number of nitrogens with one attached hydrogen (secondary N) is 1. The molecule has 0 aliphatic rings. The fourth-order valence-corrected chi connectivity index (χ4v) is 3.40. The molecule has 4 aromatic rings. The molecule has 38 heavy (non-hydrogen) atoms. The highest BCUT2D eigenvalue weighted by Crippen LogP contribution is 2.32. The molecular weight excluding hydrogens is 505 g/mol. The van der Waals surface area contributed by atoms with Crippen LogP contribution in [-0.2, 0) is 15.8 Å². The van der Waals surface area contributed by atoms with Crippen molar-refractivity contribution in [3.05, 3.63) is 66.1 Å². The fourth-order valence-electron chi connectivity index (χ4n) is 3.40. The summed E-state index contributed by atoms with van der Waals surface area (Å²) in [6, 6.07) is 12.5. The molecule has 1 unspecified atom stereocenters. The van der Waals surface area contributed by atoms with Gasteiger partial charge in [0.2, 0.25) is 11.9 Å². The average molecular weight is 522 g/mol. The van der Waals surface area contributed by atoms with Crippen LogP contribution in [-0.4, -0.2) is 44.6 Å². The molecule has 1 atom stereocenters. The number of fused-ring (bicyclic) bond motifs is 1. The lowest BCUT2D eigenvalue weighted by Crippen LogP contribution is -2.32. The van der Waals surface area contributed by atoms with Gasteiger partial charge in [-0.25, -0.2) is 9.97 Å². The zero-order valence-electron chi connectivity index (χ0n) is 19.8. The van der Waals surface area contributed by atoms with Crippen LogP contribution in [0.3, 0.4) is 0 Å². The number of benzene rings is 2. The third-order valence-corrected chi connectivity index (χ3v) is 5.17. The van der Waals surface area contributed by atoms with Gasteiger partial charge in [0.05, 0.1) is 24.5 Å². The van der Waals surface area contributed by atoms with E-state index in [4.69, 9.17) is 4.74 Å². The number of azo groups is 1. The maximum Gasteiger partial charge on any atom is 0.451 e. The van der Waals surface area contributed by atoms with Crippen molar-refractivity contribution < 1.29 is 27.5 Å². The van der Waals surface area contributed by atoms with Gasteiger partial charge in [-0.05, 0) is 31.2 Å². The van der Waals surface area contributed by atoms with E-state index in [1.807, 2.05) is 6.07 Å². The Kier molecular flexibility index (Phi) is 7.10. The molecule has 0 spiro atoms. The quantitative estimate of drug-likeness (QED) is 0.279. The smallest absolute Gasteiger partial charge is 0.451 e. The van der Waals surface area contributed by atoms with E-state index in [-0.39, 0.29) is 33.8 Å². The first-order valence-corrected chi connectivity index (χ1v) is 10.8. The summed E-state index contributed by atoms with van der Waals surface area (Å²) >= 11 is 0. The Bertz CT molecular complexity index is 1610. The summed E-state index contributed by atoms with van der Waals surface area (Å²) in [5.41, 5.74) is 0.0632. The van der Waals surface area contributed by atoms with Gasteiger partial charge in [0.25, 0.3) is 5.91 Å². The van der Waals surface area contributed by atoms with E-state index in [9.17, 15) is 28.0 Å². The summed E-state index contributed by atoms with van der Waals surface area (Å²) in [7, 11) is 1.40. The number of anilines is 1. The van der Waals surface area contributed by atoms with Crippen LogP contribution in [0.15, 0.2) is 65.0 Å². The van der Waals surface area contributed by atoms with Gasteiger partial charge >= 0.3 is 6.18 Å². The fraction of sp³-hybridized carbons (Fsp3) is 0.167. The van der Waals surface area contributed by atoms with Crippen LogP contribution in [0.2, 0.25) is 0 Å². The molecule has 2 aromatic carbocycles. The minimum absolute atomic E-state index is 0.0282. The summed E-state index contributed by atoms with van der Waals surface area (Å²) in [6.45, 7) is 1.11. The molecule has 0 radical (unpaired) electrons. The molecule has 0 bridgehead atoms. The molecule has 192 valence electrons. The van der Waals surface area contributed by atoms with Gasteiger partial charge in [-0.15, -0.1) is 5.11 Å². The number of ketones is 1. The summed E-state index contributed by atoms with van der Waals surface area (Å²) in [4.78, 5) is 32.3. The maximum absolute atomic E-state index is 13.5. The lowest BCUT2D eigenvalue weighted by Gasteiger charge is -2.13. The Hall–Kier alpha value is -5.19. The highest BCUT2D eigenvalue weighted by molar-refractivity contribution is 6.10. The molecule has 2 heterocycles. The van der Waals surface area contributed by atoms with E-state index in [0.717, 1.165) is 17.8 Å². The molecular formula is C24H17F3N8O3. The zero-order chi connectivity index (χ0) is 27.4. The molecule has 0 aliphatic heterocycles. The number of amides is 1. The Labute approximate surface area is 212 Å². The van der Waals surface area contributed by atoms with Crippen LogP contribution >= 0.6 is 0 Å². The van der Waals surface area contributed by atoms with E-state index >= 15 is 0 Å². The lowest BCUT2D eigenvalue weighted by atomic mass is 10.2. The van der Waals surface area contributed by atoms with Crippen molar-refractivity contribution in [1.29, 1.82) is 5.26 Å². The number of ether oxygens (including phenoxy) is 1. The number of rotatable bonds is 7. The Morgan fingerprint density at radius 3 is 2.53 bits per heavy atom. The highest BCUT2D eigenvalue weighted by atomic mass is 19.4. The number of carbonyl (C=O) groups is 2. The van der Waals surface area contributed by atoms with Crippen molar-refractivity contribution in [3.63, 3.8) is 0 Å². The van der Waals surface area contributed by atoms with Crippen molar-refractivity contribution in [2.24, 2.45) is 10.2 Å². The minimum atomic E-state index is -4.87. The topological polar surface area (TPSA) is 148 Å². The number of alkyl halides is 3. The van der Waals surface area contributed by atoms with Crippen molar-refractivity contribution >= 4 is 34.1 Å². The molecule has 0 fully saturated rings. The number of nitrogens with zero attached hydrogens (tertiary/aromatic N) is 7. The number of Topliss-reactive ketones (excluding diaryl/α,β-unsaturated/α-hetero) is 1. The Balaban J connectivity index is 1.78. The van der Waals surface area contributed by atoms with Crippen molar-refractivity contribution in [1.82, 2.24) is 19.7 Å². The van der Waals surface area contributed by atoms with Crippen LogP contribution in [0, 0.1) is 11.3 Å². The predicted molar refractivity (Wildman–Crippen MR) is 127 cm³/mol. The third kappa shape index (κ3) is 5.16. The van der Waals surface area contributed by atoms with Crippen LogP contribution in [0.4, 0.5) is 24.7 Å². The van der Waals surface area contributed by atoms with Crippen LogP contribution < -0.4 is 10.1 Å². The molecule has 1 N–H and O–H groups in total. The number of halogens is 3. The predicted octanol–water partition coefficient (Wildman–Crippen LogP) is 4.39. The second kappa shape index (κ2) is 10.4. The minimum Gasteiger partial charge on any atom is -0.495 e. The number of aromatic nitrogens is 4. The molecule has 0 saturated carbocycles. The largest absolute Gasteiger partial charge is 0.495 e. The second-order valence-corrected chi connectivity index (χ2v) is 7.71. The molecule has 4 rings (SSSR count). The van der Waals surface area contributed by atoms with E-state index < -0.39 is 29.7 Å². The Morgan fingerprint density at radius 1 is 1.13 bits per heavy atom.